The zero-order chi connectivity index (χ0) is 31.0. The molecule has 5 aromatic rings. The molecule has 1 saturated heterocycles. The van der Waals surface area contributed by atoms with E-state index in [9.17, 15) is 0 Å². The fraction of sp³-hybridized carbons (Fsp3) is 0.200. The van der Waals surface area contributed by atoms with Gasteiger partial charge < -0.3 is 9.31 Å². The van der Waals surface area contributed by atoms with Gasteiger partial charge in [0.05, 0.1) is 17.7 Å². The van der Waals surface area contributed by atoms with Gasteiger partial charge in [-0.15, -0.1) is 0 Å². The second-order valence-electron chi connectivity index (χ2n) is 12.9. The van der Waals surface area contributed by atoms with E-state index in [1.54, 1.807) is 0 Å². The van der Waals surface area contributed by atoms with Crippen molar-refractivity contribution in [1.29, 1.82) is 0 Å². The Kier molecular flexibility index (Phi) is 7.60. The minimum absolute atomic E-state index is 0.399. The van der Waals surface area contributed by atoms with E-state index in [4.69, 9.17) is 9.31 Å². The zero-order valence-electron chi connectivity index (χ0n) is 26.3. The van der Waals surface area contributed by atoms with Crippen LogP contribution in [0.15, 0.2) is 127 Å². The second kappa shape index (κ2) is 11.7. The van der Waals surface area contributed by atoms with Gasteiger partial charge in [0, 0.05) is 30.6 Å². The Hall–Kier alpha value is -4.58. The van der Waals surface area contributed by atoms with Crippen LogP contribution >= 0.6 is 0 Å². The Bertz CT molecular complexity index is 1910. The Morgan fingerprint density at radius 1 is 0.578 bits per heavy atom. The summed E-state index contributed by atoms with van der Waals surface area (Å²) in [5, 5.41) is 0. The molecule has 0 amide bonds. The van der Waals surface area contributed by atoms with Crippen molar-refractivity contribution in [2.24, 2.45) is 4.99 Å². The lowest BCUT2D eigenvalue weighted by Crippen LogP contribution is -2.41. The first-order valence-electron chi connectivity index (χ1n) is 15.7. The maximum absolute atomic E-state index is 6.41. The van der Waals surface area contributed by atoms with Gasteiger partial charge in [-0.05, 0) is 120 Å². The quantitative estimate of drug-likeness (QED) is 0.186. The third-order valence-corrected chi connectivity index (χ3v) is 9.30. The van der Waals surface area contributed by atoms with Gasteiger partial charge >= 0.3 is 7.12 Å². The number of nitrogens with zero attached hydrogens (tertiary/aromatic N) is 2. The maximum atomic E-state index is 6.41. The summed E-state index contributed by atoms with van der Waals surface area (Å²) in [6.07, 6.45) is 8.87. The highest BCUT2D eigenvalue weighted by atomic mass is 16.7. The van der Waals surface area contributed by atoms with E-state index in [2.05, 4.69) is 141 Å². The van der Waals surface area contributed by atoms with Gasteiger partial charge in [-0.25, -0.2) is 0 Å². The molecule has 0 N–H and O–H groups in total. The SMILES string of the molecule is CC1(C)OB(c2cccc(-c3cc(-c4cccc(C5=CCC=NC5)c4)cc(-c4cccc(-c5cccnc5)c4)c3)c2)OC1(C)C. The number of hydrogen-bond acceptors (Lipinski definition) is 4. The maximum Gasteiger partial charge on any atom is 0.494 e. The van der Waals surface area contributed by atoms with Crippen molar-refractivity contribution in [3.63, 3.8) is 0 Å². The first-order chi connectivity index (χ1) is 21.8. The van der Waals surface area contributed by atoms with Crippen LogP contribution in [0.3, 0.4) is 0 Å². The average Bonchev–Trinajstić information content (AvgIpc) is 3.31. The molecule has 0 radical (unpaired) electrons. The molecule has 2 aliphatic heterocycles. The van der Waals surface area contributed by atoms with Gasteiger partial charge in [0.15, 0.2) is 0 Å². The van der Waals surface area contributed by atoms with E-state index >= 15 is 0 Å². The van der Waals surface area contributed by atoms with E-state index in [0.29, 0.717) is 0 Å². The molecule has 222 valence electrons. The fourth-order valence-corrected chi connectivity index (χ4v) is 5.99. The van der Waals surface area contributed by atoms with Gasteiger partial charge in [0.2, 0.25) is 0 Å². The van der Waals surface area contributed by atoms with Crippen LogP contribution in [0.2, 0.25) is 0 Å². The Morgan fingerprint density at radius 2 is 1.09 bits per heavy atom. The van der Waals surface area contributed by atoms with Crippen molar-refractivity contribution >= 4 is 24.4 Å². The van der Waals surface area contributed by atoms with Crippen LogP contribution in [0.5, 0.6) is 0 Å². The van der Waals surface area contributed by atoms with Gasteiger partial charge in [0.1, 0.15) is 0 Å². The highest BCUT2D eigenvalue weighted by molar-refractivity contribution is 6.62. The molecule has 3 heterocycles. The van der Waals surface area contributed by atoms with Crippen LogP contribution in [-0.4, -0.2) is 36.1 Å². The van der Waals surface area contributed by atoms with Gasteiger partial charge in [-0.2, -0.15) is 0 Å². The molecular formula is C40H37BN2O2. The lowest BCUT2D eigenvalue weighted by atomic mass is 9.77. The summed E-state index contributed by atoms with van der Waals surface area (Å²) in [4.78, 5) is 8.86. The molecule has 5 heteroatoms. The highest BCUT2D eigenvalue weighted by Gasteiger charge is 2.51. The van der Waals surface area contributed by atoms with Crippen LogP contribution < -0.4 is 5.46 Å². The van der Waals surface area contributed by atoms with Crippen LogP contribution in [0.4, 0.5) is 0 Å². The van der Waals surface area contributed by atoms with E-state index in [1.807, 2.05) is 24.7 Å². The highest BCUT2D eigenvalue weighted by Crippen LogP contribution is 2.38. The van der Waals surface area contributed by atoms with Crippen molar-refractivity contribution < 1.29 is 9.31 Å². The monoisotopic (exact) mass is 588 g/mol. The molecule has 0 aliphatic carbocycles. The number of pyridine rings is 1. The molecule has 4 aromatic carbocycles. The molecule has 0 unspecified atom stereocenters. The molecule has 0 spiro atoms. The normalized spacial score (nSPS) is 16.9. The summed E-state index contributed by atoms with van der Waals surface area (Å²) in [7, 11) is -0.420. The number of benzene rings is 4. The standard InChI is InChI=1S/C40H37BN2O2/c1-39(2)40(3,4)45-41(44-39)38-17-7-14-32(25-38)37-23-35(30-12-5-10-28(20-30)33-15-8-18-42-26-33)22-36(24-37)31-13-6-11-29(21-31)34-16-9-19-43-27-34/h5-8,10-26H,9,27H2,1-4H3. The average molecular weight is 589 g/mol. The number of aliphatic imine (C=N–C) groups is 1. The number of rotatable bonds is 6. The van der Waals surface area contributed by atoms with Crippen LogP contribution in [0.25, 0.3) is 50.1 Å². The summed E-state index contributed by atoms with van der Waals surface area (Å²) in [5.74, 6) is 0. The smallest absolute Gasteiger partial charge is 0.399 e. The topological polar surface area (TPSA) is 43.7 Å². The molecule has 0 saturated carbocycles. The van der Waals surface area contributed by atoms with Crippen molar-refractivity contribution in [3.8, 4) is 44.5 Å². The molecule has 2 aliphatic rings. The summed E-state index contributed by atoms with van der Waals surface area (Å²) >= 11 is 0. The third kappa shape index (κ3) is 5.94. The van der Waals surface area contributed by atoms with Crippen LogP contribution in [0, 0.1) is 0 Å². The Morgan fingerprint density at radius 3 is 1.67 bits per heavy atom. The predicted octanol–water partition coefficient (Wildman–Crippen LogP) is 8.91. The molecule has 0 bridgehead atoms. The number of aromatic nitrogens is 1. The fourth-order valence-electron chi connectivity index (χ4n) is 5.99. The predicted molar refractivity (Wildman–Crippen MR) is 188 cm³/mol. The summed E-state index contributed by atoms with van der Waals surface area (Å²) in [5.41, 5.74) is 11.9. The van der Waals surface area contributed by atoms with Crippen molar-refractivity contribution in [3.05, 3.63) is 127 Å². The van der Waals surface area contributed by atoms with Gasteiger partial charge in [-0.1, -0.05) is 72.8 Å². The summed E-state index contributed by atoms with van der Waals surface area (Å²) < 4.78 is 12.8. The van der Waals surface area contributed by atoms with Crippen molar-refractivity contribution in [2.45, 2.75) is 45.3 Å². The molecule has 4 nitrogen and oxygen atoms in total. The van der Waals surface area contributed by atoms with Crippen molar-refractivity contribution in [1.82, 2.24) is 4.98 Å². The summed E-state index contributed by atoms with van der Waals surface area (Å²) in [6, 6.07) is 37.1. The molecule has 0 atom stereocenters. The summed E-state index contributed by atoms with van der Waals surface area (Å²) in [6.45, 7) is 9.10. The first kappa shape index (κ1) is 29.2. The third-order valence-electron chi connectivity index (χ3n) is 9.30. The second-order valence-corrected chi connectivity index (χ2v) is 12.9. The zero-order valence-corrected chi connectivity index (χ0v) is 26.3. The largest absolute Gasteiger partial charge is 0.494 e. The van der Waals surface area contributed by atoms with E-state index in [1.165, 1.54) is 16.7 Å². The van der Waals surface area contributed by atoms with E-state index in [0.717, 1.165) is 57.4 Å². The first-order valence-corrected chi connectivity index (χ1v) is 15.7. The van der Waals surface area contributed by atoms with E-state index < -0.39 is 18.3 Å². The minimum Gasteiger partial charge on any atom is -0.399 e. The van der Waals surface area contributed by atoms with Crippen LogP contribution in [-0.2, 0) is 9.31 Å². The molecule has 1 fully saturated rings. The van der Waals surface area contributed by atoms with E-state index in [-0.39, 0.29) is 0 Å². The van der Waals surface area contributed by atoms with Crippen molar-refractivity contribution in [2.75, 3.05) is 6.54 Å². The lowest BCUT2D eigenvalue weighted by molar-refractivity contribution is 0.00578. The Labute approximate surface area is 266 Å². The molecule has 7 rings (SSSR count). The van der Waals surface area contributed by atoms with Gasteiger partial charge in [-0.3, -0.25) is 9.98 Å². The lowest BCUT2D eigenvalue weighted by Gasteiger charge is -2.32. The van der Waals surface area contributed by atoms with Crippen LogP contribution in [0.1, 0.15) is 39.7 Å². The Balaban J connectivity index is 1.33. The minimum atomic E-state index is -0.420. The molecule has 1 aromatic heterocycles. The number of allylic oxidation sites excluding steroid dienone is 1. The van der Waals surface area contributed by atoms with Gasteiger partial charge in [0.25, 0.3) is 0 Å². The number of hydrogen-bond donors (Lipinski definition) is 0. The molecule has 45 heavy (non-hydrogen) atoms. The number of dihydropyridines is 1. The molecular weight excluding hydrogens is 551 g/mol.